The monoisotopic (exact) mass is 290 g/mol. The summed E-state index contributed by atoms with van der Waals surface area (Å²) in [5.74, 6) is -1.81. The molecule has 1 heterocycles. The zero-order chi connectivity index (χ0) is 13.9. The van der Waals surface area contributed by atoms with Gasteiger partial charge >= 0.3 is 0 Å². The van der Waals surface area contributed by atoms with Crippen molar-refractivity contribution in [2.45, 2.75) is 30.2 Å². The molecule has 1 saturated heterocycles. The third-order valence-corrected chi connectivity index (χ3v) is 4.48. The molecule has 1 fully saturated rings. The van der Waals surface area contributed by atoms with Crippen molar-refractivity contribution >= 4 is 10.0 Å². The maximum absolute atomic E-state index is 13.0. The van der Waals surface area contributed by atoms with Gasteiger partial charge in [0.1, 0.15) is 11.6 Å². The van der Waals surface area contributed by atoms with Gasteiger partial charge in [-0.25, -0.2) is 21.9 Å². The first kappa shape index (κ1) is 14.4. The molecule has 4 nitrogen and oxygen atoms in total. The molecule has 1 atom stereocenters. The quantitative estimate of drug-likeness (QED) is 0.881. The third-order valence-electron chi connectivity index (χ3n) is 3.08. The largest absolute Gasteiger partial charge is 0.313 e. The van der Waals surface area contributed by atoms with E-state index in [9.17, 15) is 17.2 Å². The summed E-state index contributed by atoms with van der Waals surface area (Å²) in [4.78, 5) is -0.388. The highest BCUT2D eigenvalue weighted by atomic mass is 32.2. The lowest BCUT2D eigenvalue weighted by Gasteiger charge is -2.23. The van der Waals surface area contributed by atoms with Crippen LogP contribution in [0.4, 0.5) is 8.78 Å². The van der Waals surface area contributed by atoms with Crippen molar-refractivity contribution < 1.29 is 17.2 Å². The molecular weight excluding hydrogens is 274 g/mol. The van der Waals surface area contributed by atoms with Gasteiger partial charge in [0.15, 0.2) is 0 Å². The van der Waals surface area contributed by atoms with Gasteiger partial charge < -0.3 is 5.32 Å². The summed E-state index contributed by atoms with van der Waals surface area (Å²) >= 11 is 0. The lowest BCUT2D eigenvalue weighted by atomic mass is 10.1. The fourth-order valence-corrected chi connectivity index (χ4v) is 3.20. The number of hydrogen-bond acceptors (Lipinski definition) is 3. The van der Waals surface area contributed by atoms with Crippen molar-refractivity contribution in [1.29, 1.82) is 0 Å². The molecule has 0 aliphatic carbocycles. The summed E-state index contributed by atoms with van der Waals surface area (Å²) < 4.78 is 52.2. The third kappa shape index (κ3) is 3.95. The molecule has 0 aromatic heterocycles. The van der Waals surface area contributed by atoms with Crippen LogP contribution in [0.3, 0.4) is 0 Å². The van der Waals surface area contributed by atoms with Gasteiger partial charge in [0.2, 0.25) is 10.0 Å². The zero-order valence-electron chi connectivity index (χ0n) is 10.3. The van der Waals surface area contributed by atoms with E-state index >= 15 is 0 Å². The Labute approximate surface area is 111 Å². The second-order valence-corrected chi connectivity index (χ2v) is 6.37. The number of rotatable bonds is 4. The highest BCUT2D eigenvalue weighted by molar-refractivity contribution is 7.89. The molecule has 1 aromatic carbocycles. The van der Waals surface area contributed by atoms with Gasteiger partial charge in [-0.05, 0) is 31.5 Å². The predicted octanol–water partition coefficient (Wildman–Crippen LogP) is 1.39. The Morgan fingerprint density at radius 3 is 2.47 bits per heavy atom. The fourth-order valence-electron chi connectivity index (χ4n) is 2.08. The number of piperidine rings is 1. The van der Waals surface area contributed by atoms with Crippen LogP contribution in [0.5, 0.6) is 0 Å². The van der Waals surface area contributed by atoms with Gasteiger partial charge in [-0.3, -0.25) is 0 Å². The number of nitrogens with one attached hydrogen (secondary N) is 2. The average Bonchev–Trinajstić information content (AvgIpc) is 2.37. The highest BCUT2D eigenvalue weighted by Crippen LogP contribution is 2.14. The summed E-state index contributed by atoms with van der Waals surface area (Å²) in [7, 11) is -3.87. The van der Waals surface area contributed by atoms with Crippen molar-refractivity contribution in [3.8, 4) is 0 Å². The number of sulfonamides is 1. The lowest BCUT2D eigenvalue weighted by molar-refractivity contribution is 0.398. The van der Waals surface area contributed by atoms with Crippen LogP contribution < -0.4 is 10.0 Å². The van der Waals surface area contributed by atoms with E-state index in [-0.39, 0.29) is 17.5 Å². The van der Waals surface area contributed by atoms with Crippen LogP contribution in [0.2, 0.25) is 0 Å². The van der Waals surface area contributed by atoms with Crippen LogP contribution >= 0.6 is 0 Å². The Balaban J connectivity index is 2.04. The van der Waals surface area contributed by atoms with E-state index in [1.54, 1.807) is 0 Å². The molecule has 0 saturated carbocycles. The van der Waals surface area contributed by atoms with E-state index in [4.69, 9.17) is 0 Å². The molecule has 0 bridgehead atoms. The lowest BCUT2D eigenvalue weighted by Crippen LogP contribution is -2.43. The Bertz CT molecular complexity index is 522. The second kappa shape index (κ2) is 5.94. The number of benzene rings is 1. The minimum atomic E-state index is -3.87. The van der Waals surface area contributed by atoms with Crippen molar-refractivity contribution in [1.82, 2.24) is 10.0 Å². The Morgan fingerprint density at radius 1 is 1.21 bits per heavy atom. The molecule has 0 spiro atoms. The van der Waals surface area contributed by atoms with Crippen LogP contribution in [0.15, 0.2) is 23.1 Å². The summed E-state index contributed by atoms with van der Waals surface area (Å²) in [6, 6.07) is 2.32. The first-order valence-corrected chi connectivity index (χ1v) is 7.65. The molecule has 1 unspecified atom stereocenters. The molecule has 1 aliphatic heterocycles. The molecular formula is C12H16F2N2O2S. The molecule has 1 aliphatic rings. The Kier molecular flexibility index (Phi) is 4.49. The maximum Gasteiger partial charge on any atom is 0.240 e. The van der Waals surface area contributed by atoms with Gasteiger partial charge in [0.25, 0.3) is 0 Å². The molecule has 19 heavy (non-hydrogen) atoms. The maximum atomic E-state index is 13.0. The van der Waals surface area contributed by atoms with Crippen LogP contribution in [-0.4, -0.2) is 27.5 Å². The van der Waals surface area contributed by atoms with E-state index in [0.717, 1.165) is 37.9 Å². The van der Waals surface area contributed by atoms with E-state index in [2.05, 4.69) is 10.0 Å². The first-order chi connectivity index (χ1) is 8.97. The van der Waals surface area contributed by atoms with Crippen LogP contribution in [-0.2, 0) is 10.0 Å². The van der Waals surface area contributed by atoms with Crippen molar-refractivity contribution in [3.63, 3.8) is 0 Å². The molecule has 0 amide bonds. The van der Waals surface area contributed by atoms with Crippen LogP contribution in [0, 0.1) is 11.6 Å². The van der Waals surface area contributed by atoms with Gasteiger partial charge in [0, 0.05) is 18.7 Å². The average molecular weight is 290 g/mol. The standard InChI is InChI=1S/C12H16F2N2O2S/c13-9-5-10(14)7-12(6-9)19(17,18)16-8-11-3-1-2-4-15-11/h5-7,11,15-16H,1-4,8H2. The van der Waals surface area contributed by atoms with E-state index in [0.29, 0.717) is 6.07 Å². The normalized spacial score (nSPS) is 20.4. The predicted molar refractivity (Wildman–Crippen MR) is 67.2 cm³/mol. The van der Waals surface area contributed by atoms with Crippen molar-refractivity contribution in [3.05, 3.63) is 29.8 Å². The SMILES string of the molecule is O=S(=O)(NCC1CCCCN1)c1cc(F)cc(F)c1. The summed E-state index contributed by atoms with van der Waals surface area (Å²) in [6.07, 6.45) is 3.02. The van der Waals surface area contributed by atoms with Gasteiger partial charge in [-0.2, -0.15) is 0 Å². The van der Waals surface area contributed by atoms with Gasteiger partial charge in [0.05, 0.1) is 4.90 Å². The Hall–Kier alpha value is -1.05. The van der Waals surface area contributed by atoms with Crippen molar-refractivity contribution in [2.75, 3.05) is 13.1 Å². The minimum Gasteiger partial charge on any atom is -0.313 e. The van der Waals surface area contributed by atoms with Crippen LogP contribution in [0.1, 0.15) is 19.3 Å². The van der Waals surface area contributed by atoms with Crippen LogP contribution in [0.25, 0.3) is 0 Å². The summed E-state index contributed by atoms with van der Waals surface area (Å²) in [5, 5.41) is 3.19. The number of hydrogen-bond donors (Lipinski definition) is 2. The summed E-state index contributed by atoms with van der Waals surface area (Å²) in [5.41, 5.74) is 0. The molecule has 106 valence electrons. The number of halogens is 2. The topological polar surface area (TPSA) is 58.2 Å². The molecule has 0 radical (unpaired) electrons. The molecule has 2 rings (SSSR count). The first-order valence-electron chi connectivity index (χ1n) is 6.16. The summed E-state index contributed by atoms with van der Waals surface area (Å²) in [6.45, 7) is 1.08. The smallest absolute Gasteiger partial charge is 0.240 e. The molecule has 2 N–H and O–H groups in total. The van der Waals surface area contributed by atoms with Crippen molar-refractivity contribution in [2.24, 2.45) is 0 Å². The van der Waals surface area contributed by atoms with Gasteiger partial charge in [-0.1, -0.05) is 6.42 Å². The molecule has 7 heteroatoms. The van der Waals surface area contributed by atoms with E-state index < -0.39 is 21.7 Å². The highest BCUT2D eigenvalue weighted by Gasteiger charge is 2.19. The zero-order valence-corrected chi connectivity index (χ0v) is 11.1. The minimum absolute atomic E-state index is 0.0712. The van der Waals surface area contributed by atoms with Gasteiger partial charge in [-0.15, -0.1) is 0 Å². The van der Waals surface area contributed by atoms with E-state index in [1.807, 2.05) is 0 Å². The van der Waals surface area contributed by atoms with E-state index in [1.165, 1.54) is 0 Å². The molecule has 1 aromatic rings. The fraction of sp³-hybridized carbons (Fsp3) is 0.500. The second-order valence-electron chi connectivity index (χ2n) is 4.60. The Morgan fingerprint density at radius 2 is 1.89 bits per heavy atom.